The third-order valence-corrected chi connectivity index (χ3v) is 3.03. The van der Waals surface area contributed by atoms with E-state index in [1.807, 2.05) is 25.4 Å². The standard InChI is InChI=1S/C13H15N5/c1-8-3-4-10-11(5-8)17-13(16-10)12(14)9-6-15-18(2)7-9/h3-7,12H,14H2,1-2H3,(H,16,17). The number of nitrogens with zero attached hydrogens (tertiary/aromatic N) is 3. The van der Waals surface area contributed by atoms with Crippen LogP contribution in [0.25, 0.3) is 11.0 Å². The van der Waals surface area contributed by atoms with Gasteiger partial charge in [-0.1, -0.05) is 6.07 Å². The van der Waals surface area contributed by atoms with Crippen molar-refractivity contribution in [2.24, 2.45) is 12.8 Å². The van der Waals surface area contributed by atoms with Gasteiger partial charge >= 0.3 is 0 Å². The summed E-state index contributed by atoms with van der Waals surface area (Å²) in [5.74, 6) is 0.767. The maximum atomic E-state index is 6.18. The fourth-order valence-corrected chi connectivity index (χ4v) is 2.05. The first-order valence-corrected chi connectivity index (χ1v) is 5.84. The Balaban J connectivity index is 2.03. The van der Waals surface area contributed by atoms with Crippen LogP contribution in [0.5, 0.6) is 0 Å². The van der Waals surface area contributed by atoms with Gasteiger partial charge in [0.2, 0.25) is 0 Å². The van der Waals surface area contributed by atoms with Crippen molar-refractivity contribution >= 4 is 11.0 Å². The molecule has 0 bridgehead atoms. The number of hydrogen-bond acceptors (Lipinski definition) is 3. The molecule has 0 aliphatic rings. The van der Waals surface area contributed by atoms with Gasteiger partial charge in [0.05, 0.1) is 23.3 Å². The highest BCUT2D eigenvalue weighted by atomic mass is 15.2. The second-order valence-corrected chi connectivity index (χ2v) is 4.57. The normalized spacial score (nSPS) is 13.1. The van der Waals surface area contributed by atoms with Crippen LogP contribution >= 0.6 is 0 Å². The molecule has 0 aliphatic carbocycles. The van der Waals surface area contributed by atoms with Crippen LogP contribution in [0.3, 0.4) is 0 Å². The van der Waals surface area contributed by atoms with Gasteiger partial charge < -0.3 is 10.7 Å². The van der Waals surface area contributed by atoms with E-state index in [4.69, 9.17) is 5.73 Å². The molecule has 2 aromatic heterocycles. The predicted octanol–water partition coefficient (Wildman–Crippen LogP) is 1.65. The lowest BCUT2D eigenvalue weighted by Crippen LogP contribution is -2.12. The van der Waals surface area contributed by atoms with E-state index >= 15 is 0 Å². The zero-order valence-corrected chi connectivity index (χ0v) is 10.4. The number of aromatic nitrogens is 4. The summed E-state index contributed by atoms with van der Waals surface area (Å²) in [5, 5.41) is 4.13. The Kier molecular flexibility index (Phi) is 2.41. The lowest BCUT2D eigenvalue weighted by Gasteiger charge is -2.04. The Morgan fingerprint density at radius 3 is 2.94 bits per heavy atom. The molecule has 5 nitrogen and oxygen atoms in total. The summed E-state index contributed by atoms with van der Waals surface area (Å²) in [7, 11) is 1.87. The van der Waals surface area contributed by atoms with Crippen LogP contribution in [0.15, 0.2) is 30.6 Å². The van der Waals surface area contributed by atoms with Crippen molar-refractivity contribution < 1.29 is 0 Å². The first-order valence-electron chi connectivity index (χ1n) is 5.84. The van der Waals surface area contributed by atoms with Gasteiger partial charge in [0, 0.05) is 18.8 Å². The van der Waals surface area contributed by atoms with Crippen molar-refractivity contribution in [1.29, 1.82) is 0 Å². The number of nitrogens with one attached hydrogen (secondary N) is 1. The molecule has 1 aromatic carbocycles. The van der Waals surface area contributed by atoms with E-state index in [-0.39, 0.29) is 6.04 Å². The van der Waals surface area contributed by atoms with Crippen molar-refractivity contribution in [3.05, 3.63) is 47.5 Å². The highest BCUT2D eigenvalue weighted by Crippen LogP contribution is 2.20. The van der Waals surface area contributed by atoms with Crippen LogP contribution in [0.1, 0.15) is 23.0 Å². The first-order chi connectivity index (χ1) is 8.63. The van der Waals surface area contributed by atoms with E-state index in [0.717, 1.165) is 22.4 Å². The first kappa shape index (κ1) is 11.0. The number of imidazole rings is 1. The molecular weight excluding hydrogens is 226 g/mol. The SMILES string of the molecule is Cc1ccc2nc(C(N)c3cnn(C)c3)[nH]c2c1. The second kappa shape index (κ2) is 3.96. The van der Waals surface area contributed by atoms with Crippen molar-refractivity contribution in [1.82, 2.24) is 19.7 Å². The Morgan fingerprint density at radius 2 is 2.22 bits per heavy atom. The molecule has 0 spiro atoms. The van der Waals surface area contributed by atoms with E-state index in [1.54, 1.807) is 10.9 Å². The third kappa shape index (κ3) is 1.78. The molecule has 2 heterocycles. The average molecular weight is 241 g/mol. The fraction of sp³-hybridized carbons (Fsp3) is 0.231. The second-order valence-electron chi connectivity index (χ2n) is 4.57. The van der Waals surface area contributed by atoms with E-state index < -0.39 is 0 Å². The van der Waals surface area contributed by atoms with Crippen LogP contribution in [0.4, 0.5) is 0 Å². The number of aryl methyl sites for hydroxylation is 2. The highest BCUT2D eigenvalue weighted by molar-refractivity contribution is 5.76. The van der Waals surface area contributed by atoms with E-state index in [2.05, 4.69) is 28.1 Å². The van der Waals surface area contributed by atoms with Gasteiger partial charge in [-0.25, -0.2) is 4.98 Å². The number of rotatable bonds is 2. The Labute approximate surface area is 105 Å². The highest BCUT2D eigenvalue weighted by Gasteiger charge is 2.14. The van der Waals surface area contributed by atoms with Crippen molar-refractivity contribution in [2.45, 2.75) is 13.0 Å². The Hall–Kier alpha value is -2.14. The quantitative estimate of drug-likeness (QED) is 0.716. The Morgan fingerprint density at radius 1 is 1.39 bits per heavy atom. The maximum absolute atomic E-state index is 6.18. The minimum atomic E-state index is -0.272. The summed E-state index contributed by atoms with van der Waals surface area (Å²) in [4.78, 5) is 7.79. The number of aromatic amines is 1. The number of nitrogens with two attached hydrogens (primary N) is 1. The van der Waals surface area contributed by atoms with Crippen LogP contribution < -0.4 is 5.73 Å². The molecule has 3 N–H and O–H groups in total. The van der Waals surface area contributed by atoms with Gasteiger partial charge in [-0.3, -0.25) is 4.68 Å². The third-order valence-electron chi connectivity index (χ3n) is 3.03. The van der Waals surface area contributed by atoms with Crippen LogP contribution in [0.2, 0.25) is 0 Å². The Bertz CT molecular complexity index is 694. The number of fused-ring (bicyclic) bond motifs is 1. The lowest BCUT2D eigenvalue weighted by atomic mass is 10.2. The van der Waals surface area contributed by atoms with Crippen LogP contribution in [0, 0.1) is 6.92 Å². The monoisotopic (exact) mass is 241 g/mol. The summed E-state index contributed by atoms with van der Waals surface area (Å²) in [6.07, 6.45) is 3.67. The predicted molar refractivity (Wildman–Crippen MR) is 70.1 cm³/mol. The van der Waals surface area contributed by atoms with E-state index in [1.165, 1.54) is 5.56 Å². The van der Waals surface area contributed by atoms with Gasteiger partial charge in [0.1, 0.15) is 5.82 Å². The van der Waals surface area contributed by atoms with Gasteiger partial charge in [0.25, 0.3) is 0 Å². The molecule has 0 saturated heterocycles. The van der Waals surface area contributed by atoms with Crippen molar-refractivity contribution in [3.8, 4) is 0 Å². The molecule has 3 rings (SSSR count). The molecule has 0 amide bonds. The lowest BCUT2D eigenvalue weighted by molar-refractivity contribution is 0.762. The molecule has 1 atom stereocenters. The zero-order valence-electron chi connectivity index (χ0n) is 10.4. The molecule has 5 heteroatoms. The van der Waals surface area contributed by atoms with Gasteiger partial charge in [-0.15, -0.1) is 0 Å². The largest absolute Gasteiger partial charge is 0.340 e. The smallest absolute Gasteiger partial charge is 0.128 e. The summed E-state index contributed by atoms with van der Waals surface area (Å²) in [6.45, 7) is 2.06. The molecule has 92 valence electrons. The van der Waals surface area contributed by atoms with E-state index in [0.29, 0.717) is 0 Å². The summed E-state index contributed by atoms with van der Waals surface area (Å²) >= 11 is 0. The van der Waals surface area contributed by atoms with Crippen LogP contribution in [-0.2, 0) is 7.05 Å². The molecule has 3 aromatic rings. The zero-order chi connectivity index (χ0) is 12.7. The summed E-state index contributed by atoms with van der Waals surface area (Å²) < 4.78 is 1.74. The summed E-state index contributed by atoms with van der Waals surface area (Å²) in [6, 6.07) is 5.84. The number of benzene rings is 1. The molecular formula is C13H15N5. The van der Waals surface area contributed by atoms with E-state index in [9.17, 15) is 0 Å². The molecule has 0 aliphatic heterocycles. The molecule has 1 unspecified atom stereocenters. The average Bonchev–Trinajstić information content (AvgIpc) is 2.93. The fourth-order valence-electron chi connectivity index (χ4n) is 2.05. The van der Waals surface area contributed by atoms with Gasteiger partial charge in [0.15, 0.2) is 0 Å². The number of H-pyrrole nitrogens is 1. The molecule has 0 fully saturated rings. The minimum absolute atomic E-state index is 0.272. The topological polar surface area (TPSA) is 72.5 Å². The molecule has 18 heavy (non-hydrogen) atoms. The van der Waals surface area contributed by atoms with Crippen molar-refractivity contribution in [3.63, 3.8) is 0 Å². The minimum Gasteiger partial charge on any atom is -0.340 e. The number of hydrogen-bond donors (Lipinski definition) is 2. The van der Waals surface area contributed by atoms with Gasteiger partial charge in [-0.2, -0.15) is 5.10 Å². The molecule has 0 radical (unpaired) electrons. The van der Waals surface area contributed by atoms with Gasteiger partial charge in [-0.05, 0) is 24.6 Å². The molecule has 0 saturated carbocycles. The van der Waals surface area contributed by atoms with Crippen LogP contribution in [-0.4, -0.2) is 19.7 Å². The van der Waals surface area contributed by atoms with Crippen molar-refractivity contribution in [2.75, 3.05) is 0 Å². The summed E-state index contributed by atoms with van der Waals surface area (Å²) in [5.41, 5.74) is 10.3. The maximum Gasteiger partial charge on any atom is 0.128 e.